The first kappa shape index (κ1) is 15.4. The summed E-state index contributed by atoms with van der Waals surface area (Å²) >= 11 is 5.93. The number of rotatable bonds is 6. The van der Waals surface area contributed by atoms with Crippen LogP contribution in [0.2, 0.25) is 5.02 Å². The highest BCUT2D eigenvalue weighted by Gasteiger charge is 2.14. The Morgan fingerprint density at radius 1 is 1.10 bits per heavy atom. The van der Waals surface area contributed by atoms with Gasteiger partial charge in [0.1, 0.15) is 11.9 Å². The van der Waals surface area contributed by atoms with Crippen molar-refractivity contribution in [2.24, 2.45) is 10.9 Å². The van der Waals surface area contributed by atoms with Gasteiger partial charge in [-0.3, -0.25) is 0 Å². The zero-order valence-electron chi connectivity index (χ0n) is 11.4. The van der Waals surface area contributed by atoms with Crippen molar-refractivity contribution in [3.8, 4) is 0 Å². The number of hydrogen-bond acceptors (Lipinski definition) is 3. The molecule has 2 rings (SSSR count). The van der Waals surface area contributed by atoms with Gasteiger partial charge in [-0.05, 0) is 23.3 Å². The van der Waals surface area contributed by atoms with Gasteiger partial charge in [0, 0.05) is 11.4 Å². The van der Waals surface area contributed by atoms with Crippen LogP contribution in [-0.4, -0.2) is 17.6 Å². The number of halogens is 1. The van der Waals surface area contributed by atoms with E-state index in [0.29, 0.717) is 18.1 Å². The maximum atomic E-state index is 8.56. The molecule has 0 fully saturated rings. The molecule has 3 N–H and O–H groups in total. The molecule has 0 aliphatic heterocycles. The molecule has 0 aromatic heterocycles. The second-order valence-electron chi connectivity index (χ2n) is 4.55. The van der Waals surface area contributed by atoms with Gasteiger partial charge < -0.3 is 15.7 Å². The van der Waals surface area contributed by atoms with Gasteiger partial charge in [-0.2, -0.15) is 0 Å². The van der Waals surface area contributed by atoms with Gasteiger partial charge in [0.15, 0.2) is 0 Å². The van der Waals surface area contributed by atoms with Gasteiger partial charge >= 0.3 is 0 Å². The summed E-state index contributed by atoms with van der Waals surface area (Å²) in [6.07, 6.45) is 0.155. The molecular weight excluding hydrogens is 288 g/mol. The first-order valence-corrected chi connectivity index (χ1v) is 6.97. The van der Waals surface area contributed by atoms with Gasteiger partial charge in [0.05, 0.1) is 6.61 Å². The van der Waals surface area contributed by atoms with Gasteiger partial charge in [-0.1, -0.05) is 59.2 Å². The molecule has 1 atom stereocenters. The Kier molecular flexibility index (Phi) is 5.60. The lowest BCUT2D eigenvalue weighted by Gasteiger charge is -2.19. The van der Waals surface area contributed by atoms with Gasteiger partial charge in [0.25, 0.3) is 0 Å². The SMILES string of the molecule is N/C(CCOC(c1ccccc1)c1ccc(Cl)cc1)=N\O. The van der Waals surface area contributed by atoms with Crippen LogP contribution in [0, 0.1) is 0 Å². The van der Waals surface area contributed by atoms with Crippen molar-refractivity contribution < 1.29 is 9.94 Å². The van der Waals surface area contributed by atoms with Crippen LogP contribution in [0.3, 0.4) is 0 Å². The Balaban J connectivity index is 2.17. The average Bonchev–Trinajstić information content (AvgIpc) is 2.53. The minimum atomic E-state index is -0.213. The average molecular weight is 305 g/mol. The Morgan fingerprint density at radius 3 is 2.33 bits per heavy atom. The van der Waals surface area contributed by atoms with Crippen molar-refractivity contribution in [1.29, 1.82) is 0 Å². The molecule has 4 nitrogen and oxygen atoms in total. The summed E-state index contributed by atoms with van der Waals surface area (Å²) in [5.41, 5.74) is 7.50. The van der Waals surface area contributed by atoms with E-state index in [1.807, 2.05) is 54.6 Å². The summed E-state index contributed by atoms with van der Waals surface area (Å²) in [6, 6.07) is 17.4. The van der Waals surface area contributed by atoms with E-state index in [1.54, 1.807) is 0 Å². The van der Waals surface area contributed by atoms with Gasteiger partial charge in [-0.25, -0.2) is 0 Å². The van der Waals surface area contributed by atoms with Crippen LogP contribution in [0.15, 0.2) is 59.8 Å². The van der Waals surface area contributed by atoms with Crippen molar-refractivity contribution in [2.75, 3.05) is 6.61 Å². The zero-order chi connectivity index (χ0) is 15.1. The highest BCUT2D eigenvalue weighted by molar-refractivity contribution is 6.30. The zero-order valence-corrected chi connectivity index (χ0v) is 12.2. The molecule has 1 unspecified atom stereocenters. The van der Waals surface area contributed by atoms with E-state index in [4.69, 9.17) is 27.3 Å². The molecule has 0 saturated heterocycles. The molecule has 0 spiro atoms. The van der Waals surface area contributed by atoms with Gasteiger partial charge in [-0.15, -0.1) is 0 Å². The van der Waals surface area contributed by atoms with E-state index in [0.717, 1.165) is 11.1 Å². The lowest BCUT2D eigenvalue weighted by Crippen LogP contribution is -2.16. The Bertz CT molecular complexity index is 585. The van der Waals surface area contributed by atoms with E-state index in [1.165, 1.54) is 0 Å². The van der Waals surface area contributed by atoms with Crippen LogP contribution in [0.5, 0.6) is 0 Å². The van der Waals surface area contributed by atoms with Crippen molar-refractivity contribution in [3.05, 3.63) is 70.7 Å². The number of ether oxygens (including phenoxy) is 1. The predicted octanol–water partition coefficient (Wildman–Crippen LogP) is 3.58. The van der Waals surface area contributed by atoms with E-state index in [9.17, 15) is 0 Å². The number of nitrogens with two attached hydrogens (primary N) is 1. The van der Waals surface area contributed by atoms with E-state index in [-0.39, 0.29) is 11.9 Å². The van der Waals surface area contributed by atoms with Crippen LogP contribution in [0.4, 0.5) is 0 Å². The van der Waals surface area contributed by atoms with Gasteiger partial charge in [0.2, 0.25) is 0 Å². The van der Waals surface area contributed by atoms with Crippen molar-refractivity contribution in [2.45, 2.75) is 12.5 Å². The predicted molar refractivity (Wildman–Crippen MR) is 83.7 cm³/mol. The van der Waals surface area contributed by atoms with Crippen molar-refractivity contribution in [3.63, 3.8) is 0 Å². The lowest BCUT2D eigenvalue weighted by molar-refractivity contribution is 0.0853. The van der Waals surface area contributed by atoms with Crippen molar-refractivity contribution in [1.82, 2.24) is 0 Å². The quantitative estimate of drug-likeness (QED) is 0.371. The van der Waals surface area contributed by atoms with Crippen LogP contribution >= 0.6 is 11.6 Å². The Labute approximate surface area is 128 Å². The third-order valence-corrected chi connectivity index (χ3v) is 3.30. The fraction of sp³-hybridized carbons (Fsp3) is 0.188. The van der Waals surface area contributed by atoms with Crippen LogP contribution < -0.4 is 5.73 Å². The second kappa shape index (κ2) is 7.67. The Hall–Kier alpha value is -2.04. The highest BCUT2D eigenvalue weighted by atomic mass is 35.5. The van der Waals surface area contributed by atoms with Crippen LogP contribution in [0.1, 0.15) is 23.7 Å². The summed E-state index contributed by atoms with van der Waals surface area (Å²) in [7, 11) is 0. The van der Waals surface area contributed by atoms with E-state index >= 15 is 0 Å². The number of benzene rings is 2. The molecule has 0 amide bonds. The molecule has 21 heavy (non-hydrogen) atoms. The summed E-state index contributed by atoms with van der Waals surface area (Å²) in [5.74, 6) is 0.151. The molecule has 0 radical (unpaired) electrons. The maximum absolute atomic E-state index is 8.56. The topological polar surface area (TPSA) is 67.8 Å². The summed E-state index contributed by atoms with van der Waals surface area (Å²) in [5, 5.41) is 12.2. The minimum absolute atomic E-state index is 0.151. The standard InChI is InChI=1S/C16H17ClN2O2/c17-14-8-6-13(7-9-14)16(12-4-2-1-3-5-12)21-11-10-15(18)19-20/h1-9,16,20H,10-11H2,(H2,18,19). The molecule has 0 aliphatic carbocycles. The summed E-state index contributed by atoms with van der Waals surface area (Å²) < 4.78 is 5.91. The fourth-order valence-electron chi connectivity index (χ4n) is 1.98. The molecular formula is C16H17ClN2O2. The maximum Gasteiger partial charge on any atom is 0.141 e. The summed E-state index contributed by atoms with van der Waals surface area (Å²) in [6.45, 7) is 0.359. The molecule has 5 heteroatoms. The molecule has 0 saturated carbocycles. The summed E-state index contributed by atoms with van der Waals surface area (Å²) in [4.78, 5) is 0. The first-order valence-electron chi connectivity index (χ1n) is 6.59. The number of hydrogen-bond donors (Lipinski definition) is 2. The van der Waals surface area contributed by atoms with E-state index < -0.39 is 0 Å². The number of oxime groups is 1. The number of nitrogens with zero attached hydrogens (tertiary/aromatic N) is 1. The molecule has 2 aromatic rings. The Morgan fingerprint density at radius 2 is 1.71 bits per heavy atom. The molecule has 0 bridgehead atoms. The number of amidine groups is 1. The minimum Gasteiger partial charge on any atom is -0.409 e. The molecule has 110 valence electrons. The molecule has 2 aromatic carbocycles. The highest BCUT2D eigenvalue weighted by Crippen LogP contribution is 2.27. The molecule has 0 aliphatic rings. The first-order chi connectivity index (χ1) is 10.2. The third-order valence-electron chi connectivity index (χ3n) is 3.05. The van der Waals surface area contributed by atoms with Crippen molar-refractivity contribution >= 4 is 17.4 Å². The van der Waals surface area contributed by atoms with Crippen LogP contribution in [-0.2, 0) is 4.74 Å². The monoisotopic (exact) mass is 304 g/mol. The normalized spacial score (nSPS) is 13.1. The molecule has 0 heterocycles. The smallest absolute Gasteiger partial charge is 0.141 e. The lowest BCUT2D eigenvalue weighted by atomic mass is 10.0. The van der Waals surface area contributed by atoms with Crippen LogP contribution in [0.25, 0.3) is 0 Å². The third kappa shape index (κ3) is 4.48. The van der Waals surface area contributed by atoms with E-state index in [2.05, 4.69) is 5.16 Å². The second-order valence-corrected chi connectivity index (χ2v) is 4.99. The largest absolute Gasteiger partial charge is 0.409 e. The fourth-order valence-corrected chi connectivity index (χ4v) is 2.11.